The van der Waals surface area contributed by atoms with Gasteiger partial charge in [-0.05, 0) is 63.1 Å². The Bertz CT molecular complexity index is 2330. The Labute approximate surface area is 673 Å². The lowest BCUT2D eigenvalue weighted by Gasteiger charge is -2.28. The Kier molecular flexibility index (Phi) is 73.1. The largest absolute Gasteiger partial charge is 0.460 e. The summed E-state index contributed by atoms with van der Waals surface area (Å²) in [5.74, 6) is -2.12. The number of esters is 1. The van der Waals surface area contributed by atoms with Crippen molar-refractivity contribution in [1.82, 2.24) is 15.5 Å². The number of amides is 4. The third kappa shape index (κ3) is 72.6. The van der Waals surface area contributed by atoms with E-state index in [9.17, 15) is 24.0 Å². The number of rotatable bonds is 85. The zero-order chi connectivity index (χ0) is 82.5. The summed E-state index contributed by atoms with van der Waals surface area (Å²) >= 11 is 0. The van der Waals surface area contributed by atoms with E-state index >= 15 is 0 Å². The molecule has 0 unspecified atom stereocenters. The predicted octanol–water partition coefficient (Wildman–Crippen LogP) is 4.43. The molecule has 0 aliphatic rings. The topological polar surface area (TPSA) is 355 Å². The summed E-state index contributed by atoms with van der Waals surface area (Å²) in [7, 11) is 1.64. The van der Waals surface area contributed by atoms with Crippen molar-refractivity contribution in [3.8, 4) is 0 Å². The third-order valence-corrected chi connectivity index (χ3v) is 15.4. The van der Waals surface area contributed by atoms with E-state index in [2.05, 4.69) is 36.7 Å². The molecule has 0 aliphatic heterocycles. The molecule has 0 bridgehead atoms. The molecule has 0 fully saturated rings. The van der Waals surface area contributed by atoms with E-state index in [1.807, 2.05) is 0 Å². The van der Waals surface area contributed by atoms with Crippen molar-refractivity contribution < 1.29 is 142 Å². The van der Waals surface area contributed by atoms with Crippen molar-refractivity contribution in [2.24, 2.45) is 16.7 Å². The number of ether oxygens (including phenoxy) is 25. The minimum Gasteiger partial charge on any atom is -0.460 e. The van der Waals surface area contributed by atoms with Gasteiger partial charge in [-0.15, -0.1) is 0 Å². The van der Waals surface area contributed by atoms with Gasteiger partial charge in [0.05, 0.1) is 322 Å². The number of anilines is 1. The molecule has 34 heteroatoms. The molecule has 0 heterocycles. The molecule has 0 saturated carbocycles. The summed E-state index contributed by atoms with van der Waals surface area (Å²) in [6, 6.07) is 5.01. The maximum Gasteiger partial charge on any atom is 0.311 e. The molecular weight excluding hydrogens is 1480 g/mol. The van der Waals surface area contributed by atoms with E-state index in [-0.39, 0.29) is 55.8 Å². The highest BCUT2D eigenvalue weighted by molar-refractivity contribution is 5.98. The van der Waals surface area contributed by atoms with Gasteiger partial charge >= 0.3 is 5.97 Å². The Balaban J connectivity index is 1.83. The van der Waals surface area contributed by atoms with Crippen molar-refractivity contribution in [3.05, 3.63) is 29.8 Å². The lowest BCUT2D eigenvalue weighted by molar-refractivity contribution is -0.154. The second-order valence-corrected chi connectivity index (χ2v) is 27.8. The number of hydrogen-bond donors (Lipinski definition) is 3. The van der Waals surface area contributed by atoms with Gasteiger partial charge in [-0.3, -0.25) is 24.0 Å². The van der Waals surface area contributed by atoms with E-state index < -0.39 is 35.2 Å². The average Bonchev–Trinajstić information content (AvgIpc) is 0.868. The molecule has 3 N–H and O–H groups in total. The SMILES string of the molecule is COCCOCCOCCOCCOCCOCCOCCOCCOCCOCCOCCOCCOCCOCCOCCOCCOCCOCCOCCOCCOCCOCCOCCOCCC(=O)N(CCC(=O)N[C@H](C(=O)N[C@@H](C)C(=O)Nc1ccc(COC(=O)C(C)(C)C)cc1)C(C)C)CCC(C)(C)C. The number of benzene rings is 1. The Hall–Kier alpha value is -4.39. The van der Waals surface area contributed by atoms with Crippen molar-refractivity contribution in [1.29, 1.82) is 0 Å². The van der Waals surface area contributed by atoms with Gasteiger partial charge in [0.2, 0.25) is 23.6 Å². The fraction of sp³-hybridized carbons (Fsp3) is 0.861. The van der Waals surface area contributed by atoms with Crippen LogP contribution < -0.4 is 16.0 Å². The van der Waals surface area contributed by atoms with Gasteiger partial charge in [0, 0.05) is 32.3 Å². The van der Waals surface area contributed by atoms with Gasteiger partial charge in [-0.1, -0.05) is 46.8 Å². The van der Waals surface area contributed by atoms with E-state index in [1.165, 1.54) is 0 Å². The lowest BCUT2D eigenvalue weighted by Crippen LogP contribution is -2.54. The normalized spacial score (nSPS) is 12.4. The fourth-order valence-electron chi connectivity index (χ4n) is 8.92. The Morgan fingerprint density at radius 3 is 0.850 bits per heavy atom. The molecule has 2 atom stereocenters. The van der Waals surface area contributed by atoms with Crippen LogP contribution in [0, 0.1) is 16.7 Å². The molecule has 1 aromatic rings. The van der Waals surface area contributed by atoms with Crippen molar-refractivity contribution >= 4 is 35.3 Å². The first-order valence-electron chi connectivity index (χ1n) is 40.1. The second kappa shape index (κ2) is 77.5. The van der Waals surface area contributed by atoms with Crippen molar-refractivity contribution in [3.63, 3.8) is 0 Å². The van der Waals surface area contributed by atoms with Crippen LogP contribution in [0.25, 0.3) is 0 Å². The summed E-state index contributed by atoms with van der Waals surface area (Å²) in [5, 5.41) is 8.29. The van der Waals surface area contributed by atoms with Crippen LogP contribution in [0.1, 0.15) is 87.1 Å². The highest BCUT2D eigenvalue weighted by atomic mass is 16.6. The molecule has 113 heavy (non-hydrogen) atoms. The van der Waals surface area contributed by atoms with Gasteiger partial charge < -0.3 is 139 Å². The van der Waals surface area contributed by atoms with Gasteiger partial charge in [-0.2, -0.15) is 0 Å². The number of methoxy groups -OCH3 is 1. The molecule has 0 saturated heterocycles. The number of carbonyl (C=O) groups excluding carboxylic acids is 5. The molecule has 4 amide bonds. The van der Waals surface area contributed by atoms with Crippen LogP contribution >= 0.6 is 0 Å². The molecule has 1 aromatic carbocycles. The Morgan fingerprint density at radius 2 is 0.602 bits per heavy atom. The molecule has 662 valence electrons. The van der Waals surface area contributed by atoms with Gasteiger partial charge in [0.15, 0.2) is 0 Å². The summed E-state index contributed by atoms with van der Waals surface area (Å²) in [6.45, 7) is 39.1. The maximum absolute atomic E-state index is 13.4. The molecule has 0 spiro atoms. The van der Waals surface area contributed by atoms with Crippen LogP contribution in [0.15, 0.2) is 24.3 Å². The standard InChI is InChI=1S/C79H146N4O30/c1-68(2)74(76(87)80-69(3)75(86)81-71-13-11-70(12-14-71)67-113-77(88)79(7,8)9)82-72(84)15-18-83(19-17-78(4,5)6)73(85)16-20-90-23-24-92-27-28-94-31-32-96-35-36-98-39-40-100-43-44-102-47-48-104-51-52-106-55-56-108-59-60-110-63-64-112-66-65-111-62-61-109-58-57-107-54-53-105-50-49-103-46-45-101-42-41-99-38-37-97-34-33-95-30-29-93-26-25-91-22-21-89-10/h11-14,68-69,74H,15-67H2,1-10H3,(H,80,87)(H,81,86)(H,82,84)/t69-,74-/m0/s1. The summed E-state index contributed by atoms with van der Waals surface area (Å²) < 4.78 is 137. The van der Waals surface area contributed by atoms with Gasteiger partial charge in [0.1, 0.15) is 18.7 Å². The molecular formula is C79H146N4O30. The van der Waals surface area contributed by atoms with E-state index in [4.69, 9.17) is 118 Å². The minimum absolute atomic E-state index is 0.0189. The van der Waals surface area contributed by atoms with E-state index in [0.717, 1.165) is 12.0 Å². The lowest BCUT2D eigenvalue weighted by atomic mass is 9.92. The number of hydrogen-bond acceptors (Lipinski definition) is 30. The number of nitrogens with one attached hydrogen (secondary N) is 3. The van der Waals surface area contributed by atoms with Crippen LogP contribution in [0.2, 0.25) is 0 Å². The first kappa shape index (κ1) is 107. The molecule has 0 aromatic heterocycles. The zero-order valence-corrected chi connectivity index (χ0v) is 70.2. The van der Waals surface area contributed by atoms with Crippen molar-refractivity contribution in [2.45, 2.75) is 100 Å². The average molecular weight is 1630 g/mol. The second-order valence-electron chi connectivity index (χ2n) is 27.8. The summed E-state index contributed by atoms with van der Waals surface area (Å²) in [4.78, 5) is 66.8. The zero-order valence-electron chi connectivity index (χ0n) is 70.2. The van der Waals surface area contributed by atoms with Crippen molar-refractivity contribution in [2.75, 3.05) is 336 Å². The van der Waals surface area contributed by atoms with Crippen LogP contribution in [-0.2, 0) is 149 Å². The fourth-order valence-corrected chi connectivity index (χ4v) is 8.92. The smallest absolute Gasteiger partial charge is 0.311 e. The number of nitrogens with zero attached hydrogens (tertiary/aromatic N) is 1. The first-order chi connectivity index (χ1) is 54.8. The van der Waals surface area contributed by atoms with Crippen LogP contribution in [0.4, 0.5) is 5.69 Å². The molecule has 0 aliphatic carbocycles. The predicted molar refractivity (Wildman–Crippen MR) is 419 cm³/mol. The summed E-state index contributed by atoms with van der Waals surface area (Å²) in [5.41, 5.74) is 0.581. The highest BCUT2D eigenvalue weighted by Crippen LogP contribution is 2.20. The first-order valence-corrected chi connectivity index (χ1v) is 40.1. The van der Waals surface area contributed by atoms with E-state index in [0.29, 0.717) is 316 Å². The number of carbonyl (C=O) groups is 5. The van der Waals surface area contributed by atoms with Crippen LogP contribution in [0.3, 0.4) is 0 Å². The monoisotopic (exact) mass is 1630 g/mol. The summed E-state index contributed by atoms with van der Waals surface area (Å²) in [6.07, 6.45) is 0.828. The van der Waals surface area contributed by atoms with Gasteiger partial charge in [0.25, 0.3) is 0 Å². The minimum atomic E-state index is -0.920. The Morgan fingerprint density at radius 1 is 0.336 bits per heavy atom. The van der Waals surface area contributed by atoms with Crippen LogP contribution in [0.5, 0.6) is 0 Å². The van der Waals surface area contributed by atoms with Crippen LogP contribution in [-0.4, -0.2) is 377 Å². The third-order valence-electron chi connectivity index (χ3n) is 15.4. The highest BCUT2D eigenvalue weighted by Gasteiger charge is 2.28. The maximum atomic E-state index is 13.4. The molecule has 34 nitrogen and oxygen atoms in total. The van der Waals surface area contributed by atoms with Gasteiger partial charge in [-0.25, -0.2) is 0 Å². The molecule has 0 radical (unpaired) electrons. The molecule has 1 rings (SSSR count). The van der Waals surface area contributed by atoms with E-state index in [1.54, 1.807) is 77.8 Å². The quantitative estimate of drug-likeness (QED) is 0.0599.